The molecule has 1 heterocycles. The molecule has 0 aromatic heterocycles. The Balaban J connectivity index is 2.35. The van der Waals surface area contributed by atoms with E-state index >= 15 is 0 Å². The maximum Gasteiger partial charge on any atom is 0.336 e. The summed E-state index contributed by atoms with van der Waals surface area (Å²) in [5, 5.41) is 3.10. The van der Waals surface area contributed by atoms with E-state index in [0.29, 0.717) is 13.2 Å². The van der Waals surface area contributed by atoms with Crippen molar-refractivity contribution in [1.82, 2.24) is 5.32 Å². The molecule has 0 aromatic carbocycles. The molecule has 1 N–H and O–H groups in total. The van der Waals surface area contributed by atoms with Crippen LogP contribution in [0.3, 0.4) is 0 Å². The number of hydrogen-bond acceptors (Lipinski definition) is 4. The van der Waals surface area contributed by atoms with Crippen molar-refractivity contribution in [2.24, 2.45) is 0 Å². The Morgan fingerprint density at radius 1 is 1.67 bits per heavy atom. The lowest BCUT2D eigenvalue weighted by molar-refractivity contribution is -0.162. The average molecular weight is 173 g/mol. The van der Waals surface area contributed by atoms with Crippen LogP contribution in [0.2, 0.25) is 0 Å². The summed E-state index contributed by atoms with van der Waals surface area (Å²) in [5.41, 5.74) is 0. The number of morpholine rings is 1. The van der Waals surface area contributed by atoms with E-state index in [0.717, 1.165) is 6.54 Å². The average Bonchev–Trinajstić information content (AvgIpc) is 2.05. The smallest absolute Gasteiger partial charge is 0.336 e. The number of rotatable bonds is 2. The Hall–Kier alpha value is -0.610. The Kier molecular flexibility index (Phi) is 3.49. The van der Waals surface area contributed by atoms with Gasteiger partial charge in [0.1, 0.15) is 0 Å². The van der Waals surface area contributed by atoms with Crippen molar-refractivity contribution in [3.8, 4) is 0 Å². The molecule has 4 heteroatoms. The number of carbonyl (C=O) groups is 1. The highest BCUT2D eigenvalue weighted by Gasteiger charge is 2.26. The molecule has 4 nitrogen and oxygen atoms in total. The van der Waals surface area contributed by atoms with E-state index < -0.39 is 6.10 Å². The SMILES string of the molecule is CCOC(=O)[C@H]1CNCC(C)O1. The molecule has 0 aromatic rings. The minimum Gasteiger partial charge on any atom is -0.464 e. The molecule has 1 saturated heterocycles. The van der Waals surface area contributed by atoms with Crippen molar-refractivity contribution in [1.29, 1.82) is 0 Å². The van der Waals surface area contributed by atoms with Crippen molar-refractivity contribution in [2.45, 2.75) is 26.1 Å². The zero-order valence-corrected chi connectivity index (χ0v) is 7.50. The van der Waals surface area contributed by atoms with E-state index in [2.05, 4.69) is 5.32 Å². The van der Waals surface area contributed by atoms with Gasteiger partial charge in [0, 0.05) is 13.1 Å². The van der Waals surface area contributed by atoms with Gasteiger partial charge in [0.15, 0.2) is 6.10 Å². The Bertz CT molecular complexity index is 160. The fourth-order valence-electron chi connectivity index (χ4n) is 1.17. The third-order valence-electron chi connectivity index (χ3n) is 1.71. The number of esters is 1. The van der Waals surface area contributed by atoms with Crippen LogP contribution in [-0.4, -0.2) is 37.9 Å². The summed E-state index contributed by atoms with van der Waals surface area (Å²) >= 11 is 0. The van der Waals surface area contributed by atoms with Crippen LogP contribution in [0.25, 0.3) is 0 Å². The summed E-state index contributed by atoms with van der Waals surface area (Å²) in [6.07, 6.45) is -0.332. The highest BCUT2D eigenvalue weighted by molar-refractivity contribution is 5.75. The van der Waals surface area contributed by atoms with Crippen molar-refractivity contribution in [3.05, 3.63) is 0 Å². The second-order valence-corrected chi connectivity index (χ2v) is 2.85. The van der Waals surface area contributed by atoms with Crippen molar-refractivity contribution in [3.63, 3.8) is 0 Å². The lowest BCUT2D eigenvalue weighted by Gasteiger charge is -2.26. The molecule has 70 valence electrons. The van der Waals surface area contributed by atoms with Gasteiger partial charge in [-0.05, 0) is 13.8 Å². The Labute approximate surface area is 72.2 Å². The van der Waals surface area contributed by atoms with Crippen LogP contribution in [0.4, 0.5) is 0 Å². The molecule has 2 atom stereocenters. The van der Waals surface area contributed by atoms with Crippen LogP contribution in [-0.2, 0) is 14.3 Å². The van der Waals surface area contributed by atoms with Gasteiger partial charge < -0.3 is 14.8 Å². The van der Waals surface area contributed by atoms with Crippen LogP contribution >= 0.6 is 0 Å². The summed E-state index contributed by atoms with van der Waals surface area (Å²) in [4.78, 5) is 11.2. The topological polar surface area (TPSA) is 47.6 Å². The van der Waals surface area contributed by atoms with E-state index in [1.807, 2.05) is 6.92 Å². The first-order chi connectivity index (χ1) is 5.74. The standard InChI is InChI=1S/C8H15NO3/c1-3-11-8(10)7-5-9-4-6(2)12-7/h6-7,9H,3-5H2,1-2H3/t6?,7-/m1/s1. The number of hydrogen-bond donors (Lipinski definition) is 1. The van der Waals surface area contributed by atoms with E-state index in [1.165, 1.54) is 0 Å². The van der Waals surface area contributed by atoms with Gasteiger partial charge in [0.2, 0.25) is 0 Å². The van der Waals surface area contributed by atoms with Gasteiger partial charge in [-0.15, -0.1) is 0 Å². The Morgan fingerprint density at radius 2 is 2.42 bits per heavy atom. The summed E-state index contributed by atoms with van der Waals surface area (Å²) < 4.78 is 10.2. The van der Waals surface area contributed by atoms with Gasteiger partial charge in [-0.2, -0.15) is 0 Å². The molecule has 0 saturated carbocycles. The van der Waals surface area contributed by atoms with Crippen molar-refractivity contribution < 1.29 is 14.3 Å². The quantitative estimate of drug-likeness (QED) is 0.594. The highest BCUT2D eigenvalue weighted by Crippen LogP contribution is 2.04. The first-order valence-corrected chi connectivity index (χ1v) is 4.27. The second kappa shape index (κ2) is 4.42. The molecule has 0 radical (unpaired) electrons. The van der Waals surface area contributed by atoms with Crippen LogP contribution in [0.5, 0.6) is 0 Å². The van der Waals surface area contributed by atoms with Gasteiger partial charge in [0.05, 0.1) is 12.7 Å². The molecular formula is C8H15NO3. The lowest BCUT2D eigenvalue weighted by atomic mass is 10.2. The van der Waals surface area contributed by atoms with Crippen LogP contribution in [0, 0.1) is 0 Å². The molecule has 1 fully saturated rings. The van der Waals surface area contributed by atoms with Gasteiger partial charge in [-0.1, -0.05) is 0 Å². The predicted octanol–water partition coefficient (Wildman–Crippen LogP) is -0.0736. The fourth-order valence-corrected chi connectivity index (χ4v) is 1.17. The largest absolute Gasteiger partial charge is 0.464 e. The molecular weight excluding hydrogens is 158 g/mol. The minimum absolute atomic E-state index is 0.0909. The molecule has 1 aliphatic heterocycles. The summed E-state index contributed by atoms with van der Waals surface area (Å²) in [6.45, 7) is 5.49. The van der Waals surface area contributed by atoms with Gasteiger partial charge in [-0.3, -0.25) is 0 Å². The van der Waals surface area contributed by atoms with Crippen molar-refractivity contribution in [2.75, 3.05) is 19.7 Å². The van der Waals surface area contributed by atoms with Gasteiger partial charge >= 0.3 is 5.97 Å². The lowest BCUT2D eigenvalue weighted by Crippen LogP contribution is -2.47. The van der Waals surface area contributed by atoms with Crippen LogP contribution < -0.4 is 5.32 Å². The predicted molar refractivity (Wildman–Crippen MR) is 43.8 cm³/mol. The molecule has 1 unspecified atom stereocenters. The Morgan fingerprint density at radius 3 is 3.00 bits per heavy atom. The normalized spacial score (nSPS) is 29.8. The van der Waals surface area contributed by atoms with Gasteiger partial charge in [0.25, 0.3) is 0 Å². The summed E-state index contributed by atoms with van der Waals surface area (Å²) in [7, 11) is 0. The highest BCUT2D eigenvalue weighted by atomic mass is 16.6. The zero-order valence-electron chi connectivity index (χ0n) is 7.50. The second-order valence-electron chi connectivity index (χ2n) is 2.85. The molecule has 1 rings (SSSR count). The summed E-state index contributed by atoms with van der Waals surface area (Å²) in [5.74, 6) is -0.267. The van der Waals surface area contributed by atoms with Crippen molar-refractivity contribution >= 4 is 5.97 Å². The molecule has 0 aliphatic carbocycles. The first kappa shape index (κ1) is 9.48. The van der Waals surface area contributed by atoms with Crippen LogP contribution in [0.15, 0.2) is 0 Å². The maximum atomic E-state index is 11.2. The molecule has 0 spiro atoms. The third kappa shape index (κ3) is 2.46. The van der Waals surface area contributed by atoms with Crippen LogP contribution in [0.1, 0.15) is 13.8 Å². The van der Waals surface area contributed by atoms with E-state index in [-0.39, 0.29) is 12.1 Å². The monoisotopic (exact) mass is 173 g/mol. The van der Waals surface area contributed by atoms with Gasteiger partial charge in [-0.25, -0.2) is 4.79 Å². The number of carbonyl (C=O) groups excluding carboxylic acids is 1. The van der Waals surface area contributed by atoms with E-state index in [4.69, 9.17) is 9.47 Å². The molecule has 12 heavy (non-hydrogen) atoms. The maximum absolute atomic E-state index is 11.2. The zero-order chi connectivity index (χ0) is 8.97. The molecule has 0 bridgehead atoms. The minimum atomic E-state index is -0.423. The first-order valence-electron chi connectivity index (χ1n) is 4.27. The number of ether oxygens (including phenoxy) is 2. The number of nitrogens with one attached hydrogen (secondary N) is 1. The fraction of sp³-hybridized carbons (Fsp3) is 0.875. The molecule has 0 amide bonds. The van der Waals surface area contributed by atoms with E-state index in [9.17, 15) is 4.79 Å². The summed E-state index contributed by atoms with van der Waals surface area (Å²) in [6, 6.07) is 0. The van der Waals surface area contributed by atoms with E-state index in [1.54, 1.807) is 6.92 Å². The molecule has 1 aliphatic rings. The third-order valence-corrected chi connectivity index (χ3v) is 1.71.